The minimum Gasteiger partial charge on any atom is -0.454 e. The molecule has 43 heavy (non-hydrogen) atoms. The van der Waals surface area contributed by atoms with Crippen LogP contribution in [-0.2, 0) is 29.9 Å². The summed E-state index contributed by atoms with van der Waals surface area (Å²) in [6.07, 6.45) is 0. The lowest BCUT2D eigenvalue weighted by Gasteiger charge is -2.38. The van der Waals surface area contributed by atoms with E-state index in [1.807, 2.05) is 102 Å². The van der Waals surface area contributed by atoms with Crippen molar-refractivity contribution in [3.63, 3.8) is 0 Å². The van der Waals surface area contributed by atoms with E-state index in [-0.39, 0.29) is 22.6 Å². The lowest BCUT2D eigenvalue weighted by atomic mass is 9.77. The van der Waals surface area contributed by atoms with E-state index in [4.69, 9.17) is 29.0 Å². The quantitative estimate of drug-likeness (QED) is 0.110. The predicted molar refractivity (Wildman–Crippen MR) is 188 cm³/mol. The van der Waals surface area contributed by atoms with E-state index in [9.17, 15) is 14.4 Å². The van der Waals surface area contributed by atoms with Crippen molar-refractivity contribution in [2.24, 2.45) is 0 Å². The highest BCUT2D eigenvalue weighted by Crippen LogP contribution is 2.59. The zero-order valence-corrected chi connectivity index (χ0v) is 32.3. The van der Waals surface area contributed by atoms with Gasteiger partial charge in [-0.3, -0.25) is 9.78 Å². The number of hydrogen-bond acceptors (Lipinski definition) is 9. The zero-order valence-electron chi connectivity index (χ0n) is 23.7. The van der Waals surface area contributed by atoms with Gasteiger partial charge in [0.1, 0.15) is 22.7 Å². The maximum absolute atomic E-state index is 13.4. The van der Waals surface area contributed by atoms with Crippen LogP contribution in [0.5, 0.6) is 11.5 Å². The van der Waals surface area contributed by atoms with Crippen molar-refractivity contribution in [1.29, 1.82) is 0 Å². The van der Waals surface area contributed by atoms with Gasteiger partial charge >= 0.3 is 17.9 Å². The number of halogens is 4. The van der Waals surface area contributed by atoms with Crippen LogP contribution in [-0.4, -0.2) is 29.1 Å². The van der Waals surface area contributed by atoms with E-state index in [0.29, 0.717) is 36.5 Å². The van der Waals surface area contributed by atoms with Crippen molar-refractivity contribution in [2.75, 3.05) is 0 Å². The Labute approximate surface area is 302 Å². The second-order valence-electron chi connectivity index (χ2n) is 11.7. The molecular weight excluding hydrogens is 1010 g/mol. The van der Waals surface area contributed by atoms with Crippen molar-refractivity contribution in [3.05, 3.63) is 84.1 Å². The third kappa shape index (κ3) is 6.01. The maximum Gasteiger partial charge on any atom is 0.375 e. The first-order valence-corrected chi connectivity index (χ1v) is 17.1. The second kappa shape index (κ2) is 11.8. The summed E-state index contributed by atoms with van der Waals surface area (Å²) >= 11 is 8.14. The van der Waals surface area contributed by atoms with Crippen LogP contribution in [0.15, 0.2) is 36.4 Å². The van der Waals surface area contributed by atoms with Crippen LogP contribution >= 0.6 is 90.4 Å². The molecule has 0 unspecified atom stereocenters. The topological polar surface area (TPSA) is 107 Å². The van der Waals surface area contributed by atoms with E-state index in [2.05, 4.69) is 0 Å². The Morgan fingerprint density at radius 2 is 1.16 bits per heavy atom. The van der Waals surface area contributed by atoms with Gasteiger partial charge in [-0.2, -0.15) is 9.78 Å². The molecule has 1 spiro atoms. The summed E-state index contributed by atoms with van der Waals surface area (Å²) in [6, 6.07) is 10.6. The van der Waals surface area contributed by atoms with Crippen LogP contribution in [0.3, 0.4) is 0 Å². The first-order chi connectivity index (χ1) is 20.0. The van der Waals surface area contributed by atoms with Crippen LogP contribution in [0.1, 0.15) is 89.3 Å². The molecule has 0 saturated carbocycles. The zero-order chi connectivity index (χ0) is 31.6. The number of ether oxygens (including phenoxy) is 2. The average molecular weight is 1040 g/mol. The second-order valence-corrected chi connectivity index (χ2v) is 16.2. The molecule has 0 amide bonds. The van der Waals surface area contributed by atoms with E-state index < -0.39 is 34.7 Å². The largest absolute Gasteiger partial charge is 0.454 e. The molecule has 2 heterocycles. The molecule has 0 fully saturated rings. The molecule has 13 heteroatoms. The first-order valence-electron chi connectivity index (χ1n) is 12.8. The Hall–Kier alpha value is -1.29. The highest BCUT2D eigenvalue weighted by molar-refractivity contribution is 14.1. The number of carbonyl (C=O) groups excluding carboxylic acids is 3. The van der Waals surface area contributed by atoms with Gasteiger partial charge in [0.05, 0.1) is 23.8 Å². The maximum atomic E-state index is 13.4. The molecule has 0 atom stereocenters. The summed E-state index contributed by atoms with van der Waals surface area (Å²) in [5.74, 6) is -1.36. The number of esters is 1. The predicted octanol–water partition coefficient (Wildman–Crippen LogP) is 8.45. The molecule has 0 saturated heterocycles. The molecule has 0 aliphatic carbocycles. The molecular formula is C30H24I4O9. The number of hydrogen-bond donors (Lipinski definition) is 0. The number of fused-ring (bicyclic) bond motifs is 6. The van der Waals surface area contributed by atoms with Crippen molar-refractivity contribution >= 4 is 108 Å². The highest BCUT2D eigenvalue weighted by Gasteiger charge is 2.55. The molecule has 9 nitrogen and oxygen atoms in total. The normalized spacial score (nSPS) is 14.8. The number of carbonyl (C=O) groups is 3. The fourth-order valence-electron chi connectivity index (χ4n) is 4.57. The summed E-state index contributed by atoms with van der Waals surface area (Å²) in [5, 5.41) is 0. The Balaban J connectivity index is 1.76. The fourth-order valence-corrected chi connectivity index (χ4v) is 9.03. The molecule has 5 rings (SSSR count). The minimum atomic E-state index is -1.43. The van der Waals surface area contributed by atoms with E-state index >= 15 is 0 Å². The van der Waals surface area contributed by atoms with Gasteiger partial charge < -0.3 is 9.47 Å². The van der Waals surface area contributed by atoms with Crippen LogP contribution in [0.25, 0.3) is 0 Å². The standard InChI is InChI=1S/C30H24I4O9/c1-28(2,3)42-40-26(36)19-17(31)11-15-23(21(19)33)38-24-16(30(15)14-10-8-7-9-13(14)25(35)39-30)12-18(32)20(22(24)34)27(37)41-43-29(4,5)6/h7-12H,1-6H3. The molecule has 0 radical (unpaired) electrons. The van der Waals surface area contributed by atoms with Gasteiger partial charge in [-0.15, -0.1) is 0 Å². The Morgan fingerprint density at radius 1 is 0.721 bits per heavy atom. The van der Waals surface area contributed by atoms with Crippen LogP contribution in [0, 0.1) is 14.3 Å². The monoisotopic (exact) mass is 1040 g/mol. The lowest BCUT2D eigenvalue weighted by molar-refractivity contribution is -0.301. The summed E-state index contributed by atoms with van der Waals surface area (Å²) in [6.45, 7) is 10.6. The SMILES string of the molecule is CC(C)(C)OOC(=O)c1c(I)cc2c(c1I)Oc1c(cc(I)c(C(=O)OOC(C)(C)C)c1I)C21OC(=O)c2ccccc21. The Morgan fingerprint density at radius 3 is 1.60 bits per heavy atom. The third-order valence-corrected chi connectivity index (χ3v) is 9.98. The fraction of sp³-hybridized carbons (Fsp3) is 0.300. The number of benzene rings is 3. The van der Waals surface area contributed by atoms with Crippen molar-refractivity contribution in [1.82, 2.24) is 0 Å². The molecule has 3 aromatic rings. The molecule has 2 aliphatic heterocycles. The molecule has 0 bridgehead atoms. The molecule has 0 aromatic heterocycles. The van der Waals surface area contributed by atoms with Gasteiger partial charge in [0.2, 0.25) is 0 Å². The molecule has 2 aliphatic rings. The summed E-state index contributed by atoms with van der Waals surface area (Å²) in [7, 11) is 0. The van der Waals surface area contributed by atoms with Gasteiger partial charge in [0.25, 0.3) is 0 Å². The van der Waals surface area contributed by atoms with E-state index in [1.165, 1.54) is 0 Å². The smallest absolute Gasteiger partial charge is 0.375 e. The average Bonchev–Trinajstić information content (AvgIpc) is 3.20. The molecule has 226 valence electrons. The van der Waals surface area contributed by atoms with Gasteiger partial charge in [-0.1, -0.05) is 18.2 Å². The molecule has 0 N–H and O–H groups in total. The van der Waals surface area contributed by atoms with Crippen LogP contribution in [0.4, 0.5) is 0 Å². The summed E-state index contributed by atoms with van der Waals surface area (Å²) in [5.41, 5.74) is -0.365. The summed E-state index contributed by atoms with van der Waals surface area (Å²) < 4.78 is 14.8. The van der Waals surface area contributed by atoms with E-state index in [0.717, 1.165) is 0 Å². The number of rotatable bonds is 4. The van der Waals surface area contributed by atoms with Crippen LogP contribution < -0.4 is 4.74 Å². The first kappa shape index (κ1) is 33.1. The summed E-state index contributed by atoms with van der Waals surface area (Å²) in [4.78, 5) is 60.8. The highest BCUT2D eigenvalue weighted by atomic mass is 127. The van der Waals surface area contributed by atoms with Gasteiger partial charge in [0, 0.05) is 23.8 Å². The lowest BCUT2D eigenvalue weighted by Crippen LogP contribution is -2.35. The van der Waals surface area contributed by atoms with Gasteiger partial charge in [0.15, 0.2) is 5.60 Å². The molecule has 3 aromatic carbocycles. The van der Waals surface area contributed by atoms with Gasteiger partial charge in [-0.05, 0) is 150 Å². The van der Waals surface area contributed by atoms with Gasteiger partial charge in [-0.25, -0.2) is 14.4 Å². The third-order valence-electron chi connectivity index (χ3n) is 6.22. The Bertz CT molecular complexity index is 1610. The van der Waals surface area contributed by atoms with E-state index in [1.54, 1.807) is 65.8 Å². The minimum absolute atomic E-state index is 0.221. The van der Waals surface area contributed by atoms with Crippen LogP contribution in [0.2, 0.25) is 0 Å². The van der Waals surface area contributed by atoms with Crippen molar-refractivity contribution < 1.29 is 43.4 Å². The van der Waals surface area contributed by atoms with Crippen molar-refractivity contribution in [3.8, 4) is 11.5 Å². The Kier molecular flexibility index (Phi) is 9.09. The van der Waals surface area contributed by atoms with Crippen molar-refractivity contribution in [2.45, 2.75) is 58.3 Å².